The fourth-order valence-corrected chi connectivity index (χ4v) is 4.40. The molecule has 2 aromatic rings. The number of alkyl halides is 5. The lowest BCUT2D eigenvalue weighted by Gasteiger charge is -2.42. The van der Waals surface area contributed by atoms with Gasteiger partial charge in [-0.3, -0.25) is 9.69 Å². The van der Waals surface area contributed by atoms with Crippen LogP contribution in [-0.2, 0) is 11.0 Å². The van der Waals surface area contributed by atoms with Crippen LogP contribution in [0.2, 0.25) is 0 Å². The summed E-state index contributed by atoms with van der Waals surface area (Å²) < 4.78 is 68.9. The second-order valence-corrected chi connectivity index (χ2v) is 8.76. The first kappa shape index (κ1) is 27.2. The van der Waals surface area contributed by atoms with E-state index in [1.807, 2.05) is 4.90 Å². The molecule has 3 rings (SSSR count). The number of allylic oxidation sites excluding steroid dienone is 1. The van der Waals surface area contributed by atoms with Crippen molar-refractivity contribution in [3.8, 4) is 17.6 Å². The maximum absolute atomic E-state index is 13.1. The van der Waals surface area contributed by atoms with Crippen LogP contribution < -0.4 is 4.74 Å². The number of rotatable bonds is 7. The number of hydrogen-bond donors (Lipinski definition) is 1. The second kappa shape index (κ2) is 11.6. The number of benzene rings is 2. The van der Waals surface area contributed by atoms with Gasteiger partial charge in [-0.15, -0.1) is 0 Å². The van der Waals surface area contributed by atoms with E-state index >= 15 is 0 Å². The van der Waals surface area contributed by atoms with E-state index in [-0.39, 0.29) is 18.1 Å². The van der Waals surface area contributed by atoms with Crippen LogP contribution in [0.5, 0.6) is 5.75 Å². The Morgan fingerprint density at radius 3 is 2.33 bits per heavy atom. The smallest absolute Gasteiger partial charge is 0.416 e. The lowest BCUT2D eigenvalue weighted by Crippen LogP contribution is -2.39. The molecule has 1 heterocycles. The van der Waals surface area contributed by atoms with Crippen LogP contribution in [0.1, 0.15) is 55.0 Å². The third kappa shape index (κ3) is 7.31. The van der Waals surface area contributed by atoms with Crippen molar-refractivity contribution >= 4 is 5.97 Å². The predicted molar refractivity (Wildman–Crippen MR) is 124 cm³/mol. The number of likely N-dealkylation sites (tertiary alicyclic amines) is 1. The minimum atomic E-state index is -4.48. The summed E-state index contributed by atoms with van der Waals surface area (Å²) in [6, 6.07) is 9.93. The zero-order chi connectivity index (χ0) is 26.5. The van der Waals surface area contributed by atoms with Crippen molar-refractivity contribution in [3.05, 3.63) is 77.4 Å². The van der Waals surface area contributed by atoms with E-state index in [0.29, 0.717) is 36.1 Å². The first-order chi connectivity index (χ1) is 16.9. The third-order valence-corrected chi connectivity index (χ3v) is 6.01. The highest BCUT2D eigenvalue weighted by Gasteiger charge is 2.36. The average Bonchev–Trinajstić information content (AvgIpc) is 2.79. The van der Waals surface area contributed by atoms with E-state index in [2.05, 4.69) is 23.2 Å². The molecule has 36 heavy (non-hydrogen) atoms. The molecule has 0 amide bonds. The molecule has 1 saturated heterocycles. The third-order valence-electron chi connectivity index (χ3n) is 6.01. The van der Waals surface area contributed by atoms with Crippen LogP contribution in [0.4, 0.5) is 22.0 Å². The molecule has 0 radical (unpaired) electrons. The predicted octanol–water partition coefficient (Wildman–Crippen LogP) is 6.86. The topological polar surface area (TPSA) is 49.8 Å². The second-order valence-electron chi connectivity index (χ2n) is 8.76. The van der Waals surface area contributed by atoms with Gasteiger partial charge in [0, 0.05) is 19.0 Å². The summed E-state index contributed by atoms with van der Waals surface area (Å²) in [5.41, 5.74) is 1.12. The summed E-state index contributed by atoms with van der Waals surface area (Å²) in [6.45, 7) is 3.01. The molecule has 0 aromatic heterocycles. The number of carboxylic acid groups (broad SMARTS) is 1. The highest BCUT2D eigenvalue weighted by atomic mass is 19.4. The van der Waals surface area contributed by atoms with Gasteiger partial charge in [0.15, 0.2) is 0 Å². The minimum Gasteiger partial charge on any atom is -0.481 e. The Bertz CT molecular complexity index is 1120. The highest BCUT2D eigenvalue weighted by molar-refractivity contribution is 5.67. The van der Waals surface area contributed by atoms with Gasteiger partial charge in [-0.1, -0.05) is 42.7 Å². The lowest BCUT2D eigenvalue weighted by atomic mass is 9.83. The molecule has 0 unspecified atom stereocenters. The number of ether oxygens (including phenoxy) is 1. The average molecular weight is 507 g/mol. The summed E-state index contributed by atoms with van der Waals surface area (Å²) in [7, 11) is 0. The van der Waals surface area contributed by atoms with E-state index in [1.54, 1.807) is 19.1 Å². The van der Waals surface area contributed by atoms with Crippen molar-refractivity contribution in [1.82, 2.24) is 4.90 Å². The summed E-state index contributed by atoms with van der Waals surface area (Å²) in [5.74, 6) is 4.98. The van der Waals surface area contributed by atoms with Gasteiger partial charge in [-0.05, 0) is 66.6 Å². The molecule has 0 bridgehead atoms. The van der Waals surface area contributed by atoms with Crippen LogP contribution in [0, 0.1) is 17.8 Å². The Kier molecular flexibility index (Phi) is 8.75. The molecule has 0 saturated carbocycles. The Hall–Kier alpha value is -3.38. The van der Waals surface area contributed by atoms with Gasteiger partial charge in [0.25, 0.3) is 0 Å². The van der Waals surface area contributed by atoms with Crippen molar-refractivity contribution in [3.63, 3.8) is 0 Å². The molecule has 2 aromatic carbocycles. The standard InChI is InChI=1S/C27H26F5NO3/c1-17(2)3-12-23(19-6-10-22(11-7-19)36-26(28)29)33-14-13-18(16-25(34)35)15-24(33)20-4-8-21(9-5-20)27(30,31)32/h4-11,18,23-24,26H,1,13-16H2,2H3,(H,34,35)/t18-,23-,24+/m0/s1. The van der Waals surface area contributed by atoms with Gasteiger partial charge >= 0.3 is 18.8 Å². The van der Waals surface area contributed by atoms with Crippen LogP contribution in [0.15, 0.2) is 60.7 Å². The SMILES string of the molecule is C=C(C)C#C[C@@H](c1ccc(OC(F)F)cc1)N1CC[C@H](CC(=O)O)C[C@@H]1c1ccc(C(F)(F)F)cc1. The Labute approximate surface area is 206 Å². The molecule has 192 valence electrons. The van der Waals surface area contributed by atoms with Gasteiger partial charge in [0.2, 0.25) is 0 Å². The number of hydrogen-bond acceptors (Lipinski definition) is 3. The van der Waals surface area contributed by atoms with Crippen molar-refractivity contribution < 1.29 is 36.6 Å². The number of aliphatic carboxylic acids is 1. The molecular weight excluding hydrogens is 481 g/mol. The van der Waals surface area contributed by atoms with Crippen LogP contribution in [-0.4, -0.2) is 29.1 Å². The first-order valence-corrected chi connectivity index (χ1v) is 11.3. The summed E-state index contributed by atoms with van der Waals surface area (Å²) in [4.78, 5) is 13.4. The molecule has 1 fully saturated rings. The molecule has 4 nitrogen and oxygen atoms in total. The van der Waals surface area contributed by atoms with E-state index in [9.17, 15) is 31.9 Å². The normalized spacial score (nSPS) is 19.3. The highest BCUT2D eigenvalue weighted by Crippen LogP contribution is 2.42. The molecule has 0 spiro atoms. The van der Waals surface area contributed by atoms with Gasteiger partial charge in [0.05, 0.1) is 11.6 Å². The first-order valence-electron chi connectivity index (χ1n) is 11.3. The number of nitrogens with zero attached hydrogens (tertiary/aromatic N) is 1. The zero-order valence-corrected chi connectivity index (χ0v) is 19.6. The summed E-state index contributed by atoms with van der Waals surface area (Å²) in [5, 5.41) is 9.30. The van der Waals surface area contributed by atoms with E-state index in [4.69, 9.17) is 0 Å². The van der Waals surface area contributed by atoms with E-state index in [0.717, 1.165) is 12.1 Å². The van der Waals surface area contributed by atoms with Crippen molar-refractivity contribution in [2.75, 3.05) is 6.54 Å². The summed E-state index contributed by atoms with van der Waals surface area (Å²) in [6.07, 6.45) is -3.56. The maximum Gasteiger partial charge on any atom is 0.416 e. The lowest BCUT2D eigenvalue weighted by molar-refractivity contribution is -0.139. The largest absolute Gasteiger partial charge is 0.481 e. The van der Waals surface area contributed by atoms with Crippen molar-refractivity contribution in [2.24, 2.45) is 5.92 Å². The fourth-order valence-electron chi connectivity index (χ4n) is 4.40. The van der Waals surface area contributed by atoms with Crippen molar-refractivity contribution in [1.29, 1.82) is 0 Å². The maximum atomic E-state index is 13.1. The van der Waals surface area contributed by atoms with Crippen LogP contribution >= 0.6 is 0 Å². The molecule has 1 aliphatic rings. The van der Waals surface area contributed by atoms with Gasteiger partial charge < -0.3 is 9.84 Å². The Morgan fingerprint density at radius 2 is 1.81 bits per heavy atom. The molecule has 0 aliphatic carbocycles. The van der Waals surface area contributed by atoms with Crippen molar-refractivity contribution in [2.45, 2.75) is 51.1 Å². The molecule has 9 heteroatoms. The van der Waals surface area contributed by atoms with Gasteiger partial charge in [-0.25, -0.2) is 0 Å². The van der Waals surface area contributed by atoms with E-state index in [1.165, 1.54) is 24.3 Å². The molecule has 3 atom stereocenters. The zero-order valence-electron chi connectivity index (χ0n) is 19.6. The Morgan fingerprint density at radius 1 is 1.17 bits per heavy atom. The fraction of sp³-hybridized carbons (Fsp3) is 0.370. The number of carbonyl (C=O) groups is 1. The monoisotopic (exact) mass is 507 g/mol. The Balaban J connectivity index is 2.01. The minimum absolute atomic E-state index is 0.0141. The summed E-state index contributed by atoms with van der Waals surface area (Å²) >= 11 is 0. The van der Waals surface area contributed by atoms with Crippen LogP contribution in [0.25, 0.3) is 0 Å². The number of piperidine rings is 1. The molecule has 1 aliphatic heterocycles. The van der Waals surface area contributed by atoms with E-state index < -0.39 is 36.4 Å². The van der Waals surface area contributed by atoms with Crippen LogP contribution in [0.3, 0.4) is 0 Å². The quantitative estimate of drug-likeness (QED) is 0.329. The molecule has 1 N–H and O–H groups in total. The number of carboxylic acids is 1. The van der Waals surface area contributed by atoms with Gasteiger partial charge in [0.1, 0.15) is 5.75 Å². The van der Waals surface area contributed by atoms with Gasteiger partial charge in [-0.2, -0.15) is 22.0 Å². The number of halogens is 5. The molecular formula is C27H26F5NO3.